The van der Waals surface area contributed by atoms with Crippen LogP contribution in [0.25, 0.3) is 0 Å². The summed E-state index contributed by atoms with van der Waals surface area (Å²) < 4.78 is 33.2. The van der Waals surface area contributed by atoms with Crippen LogP contribution in [0.3, 0.4) is 0 Å². The van der Waals surface area contributed by atoms with Crippen LogP contribution in [0.4, 0.5) is 0 Å². The van der Waals surface area contributed by atoms with E-state index < -0.39 is 75.7 Å². The van der Waals surface area contributed by atoms with Crippen molar-refractivity contribution in [2.24, 2.45) is 0 Å². The average Bonchev–Trinajstić information content (AvgIpc) is 3.12. The number of hydrogen-bond acceptors (Lipinski definition) is 12. The SMILES string of the molecule is CCCCCCCC/C=C\C/C=C\CCCC(=O)O[C@H](COC(=O)CCCCCCCCCCC)COP(=O)(O)OC1[C@H](O)[C@H](O)C(O)[C@H](O)[C@H]1O. The van der Waals surface area contributed by atoms with Gasteiger partial charge in [-0.15, -0.1) is 0 Å². The van der Waals surface area contributed by atoms with E-state index in [1.165, 1.54) is 70.6 Å². The largest absolute Gasteiger partial charge is 0.472 e. The molecule has 0 heterocycles. The zero-order valence-corrected chi connectivity index (χ0v) is 32.5. The summed E-state index contributed by atoms with van der Waals surface area (Å²) in [6, 6.07) is 0. The molecule has 1 aliphatic carbocycles. The Labute approximate surface area is 311 Å². The summed E-state index contributed by atoms with van der Waals surface area (Å²) in [6.45, 7) is 3.19. The van der Waals surface area contributed by atoms with Gasteiger partial charge in [0.1, 0.15) is 43.2 Å². The molecule has 0 aliphatic heterocycles. The maximum absolute atomic E-state index is 12.7. The Morgan fingerprint density at radius 3 is 1.62 bits per heavy atom. The molecule has 0 bridgehead atoms. The van der Waals surface area contributed by atoms with Gasteiger partial charge >= 0.3 is 19.8 Å². The molecule has 14 heteroatoms. The van der Waals surface area contributed by atoms with Crippen molar-refractivity contribution in [2.45, 2.75) is 191 Å². The van der Waals surface area contributed by atoms with Crippen LogP contribution < -0.4 is 0 Å². The van der Waals surface area contributed by atoms with Crippen molar-refractivity contribution in [3.8, 4) is 0 Å². The van der Waals surface area contributed by atoms with Crippen LogP contribution in [-0.4, -0.2) is 98.3 Å². The first-order chi connectivity index (χ1) is 24.9. The summed E-state index contributed by atoms with van der Waals surface area (Å²) in [5.74, 6) is -1.16. The number of unbranched alkanes of at least 4 members (excludes halogenated alkanes) is 15. The van der Waals surface area contributed by atoms with Crippen molar-refractivity contribution in [2.75, 3.05) is 13.2 Å². The topological polar surface area (TPSA) is 210 Å². The number of aliphatic hydroxyl groups excluding tert-OH is 5. The lowest BCUT2D eigenvalue weighted by molar-refractivity contribution is -0.220. The maximum Gasteiger partial charge on any atom is 0.472 e. The van der Waals surface area contributed by atoms with Gasteiger partial charge in [-0.25, -0.2) is 4.57 Å². The lowest BCUT2D eigenvalue weighted by atomic mass is 9.85. The third-order valence-corrected chi connectivity index (χ3v) is 10.0. The van der Waals surface area contributed by atoms with Gasteiger partial charge in [-0.1, -0.05) is 122 Å². The number of phosphoric acid groups is 1. The summed E-state index contributed by atoms with van der Waals surface area (Å²) >= 11 is 0. The van der Waals surface area contributed by atoms with E-state index in [1.54, 1.807) is 0 Å². The minimum absolute atomic E-state index is 0.0347. The zero-order chi connectivity index (χ0) is 38.6. The molecule has 0 radical (unpaired) electrons. The van der Waals surface area contributed by atoms with E-state index in [9.17, 15) is 44.6 Å². The second kappa shape index (κ2) is 29.7. The number of aliphatic hydroxyl groups is 5. The van der Waals surface area contributed by atoms with Gasteiger partial charge in [0.25, 0.3) is 0 Å². The molecule has 0 spiro atoms. The number of allylic oxidation sites excluding steroid dienone is 4. The quantitative estimate of drug-likeness (QED) is 0.0204. The van der Waals surface area contributed by atoms with Crippen LogP contribution in [0.2, 0.25) is 0 Å². The number of carbonyl (C=O) groups excluding carboxylic acids is 2. The first-order valence-corrected chi connectivity index (χ1v) is 21.1. The molecule has 1 rings (SSSR count). The van der Waals surface area contributed by atoms with Crippen molar-refractivity contribution >= 4 is 19.8 Å². The van der Waals surface area contributed by atoms with Crippen molar-refractivity contribution in [3.63, 3.8) is 0 Å². The van der Waals surface area contributed by atoms with E-state index in [0.717, 1.165) is 32.1 Å². The van der Waals surface area contributed by atoms with Crippen molar-refractivity contribution in [3.05, 3.63) is 24.3 Å². The van der Waals surface area contributed by atoms with E-state index >= 15 is 0 Å². The molecular formula is C38H69O13P. The molecule has 1 aliphatic rings. The van der Waals surface area contributed by atoms with Gasteiger partial charge in [0.2, 0.25) is 0 Å². The Morgan fingerprint density at radius 1 is 0.596 bits per heavy atom. The highest BCUT2D eigenvalue weighted by Gasteiger charge is 2.51. The van der Waals surface area contributed by atoms with Gasteiger partial charge in [0.15, 0.2) is 6.10 Å². The van der Waals surface area contributed by atoms with Gasteiger partial charge < -0.3 is 39.9 Å². The van der Waals surface area contributed by atoms with Gasteiger partial charge in [-0.2, -0.15) is 0 Å². The maximum atomic E-state index is 12.7. The molecule has 0 saturated heterocycles. The first-order valence-electron chi connectivity index (χ1n) is 19.6. The highest BCUT2D eigenvalue weighted by Crippen LogP contribution is 2.47. The Balaban J connectivity index is 2.58. The Kier molecular flexibility index (Phi) is 27.6. The van der Waals surface area contributed by atoms with Gasteiger partial charge in [0, 0.05) is 12.8 Å². The number of rotatable bonds is 31. The van der Waals surface area contributed by atoms with Crippen LogP contribution >= 0.6 is 7.82 Å². The van der Waals surface area contributed by atoms with E-state index in [4.69, 9.17) is 18.5 Å². The van der Waals surface area contributed by atoms with Gasteiger partial charge in [-0.05, 0) is 38.5 Å². The first kappa shape index (κ1) is 48.3. The van der Waals surface area contributed by atoms with Crippen LogP contribution in [0.5, 0.6) is 0 Å². The number of phosphoric ester groups is 1. The Morgan fingerprint density at radius 2 is 1.06 bits per heavy atom. The van der Waals surface area contributed by atoms with Crippen molar-refractivity contribution in [1.82, 2.24) is 0 Å². The van der Waals surface area contributed by atoms with E-state index in [0.29, 0.717) is 19.3 Å². The molecule has 1 fully saturated rings. The highest BCUT2D eigenvalue weighted by atomic mass is 31.2. The summed E-state index contributed by atoms with van der Waals surface area (Å²) in [4.78, 5) is 35.4. The van der Waals surface area contributed by atoms with Gasteiger partial charge in [-0.3, -0.25) is 18.6 Å². The predicted molar refractivity (Wildman–Crippen MR) is 198 cm³/mol. The fourth-order valence-electron chi connectivity index (χ4n) is 5.80. The molecular weight excluding hydrogens is 695 g/mol. The molecule has 0 aromatic carbocycles. The molecule has 3 unspecified atom stereocenters. The average molecular weight is 765 g/mol. The van der Waals surface area contributed by atoms with Crippen molar-refractivity contribution in [1.29, 1.82) is 0 Å². The highest BCUT2D eigenvalue weighted by molar-refractivity contribution is 7.47. The van der Waals surface area contributed by atoms with Crippen LogP contribution in [-0.2, 0) is 32.7 Å². The van der Waals surface area contributed by atoms with Gasteiger partial charge in [0.05, 0.1) is 6.61 Å². The van der Waals surface area contributed by atoms with Crippen LogP contribution in [0, 0.1) is 0 Å². The zero-order valence-electron chi connectivity index (χ0n) is 31.6. The number of esters is 2. The minimum atomic E-state index is -5.11. The molecule has 8 atom stereocenters. The minimum Gasteiger partial charge on any atom is -0.462 e. The second-order valence-electron chi connectivity index (χ2n) is 13.8. The second-order valence-corrected chi connectivity index (χ2v) is 15.2. The molecule has 52 heavy (non-hydrogen) atoms. The van der Waals surface area contributed by atoms with E-state index in [2.05, 4.69) is 26.0 Å². The summed E-state index contributed by atoms with van der Waals surface area (Å²) in [5, 5.41) is 49.9. The Hall–Kier alpha value is -1.67. The third-order valence-electron chi connectivity index (χ3n) is 9.05. The van der Waals surface area contributed by atoms with E-state index in [-0.39, 0.29) is 12.8 Å². The summed E-state index contributed by atoms with van der Waals surface area (Å²) in [5.41, 5.74) is 0. The number of carbonyl (C=O) groups is 2. The predicted octanol–water partition coefficient (Wildman–Crippen LogP) is 6.11. The lowest BCUT2D eigenvalue weighted by Crippen LogP contribution is -2.64. The molecule has 0 aromatic rings. The fourth-order valence-corrected chi connectivity index (χ4v) is 6.77. The standard InChI is InChI=1S/C38H69O13P/c1-3-5-7-9-11-13-14-15-16-17-19-21-23-25-27-32(40)50-30(28-48-31(39)26-24-22-20-18-12-10-8-6-4-2)29-49-52(46,47)51-38-36(44)34(42)33(41)35(43)37(38)45/h15-16,19,21,30,33-38,41-45H,3-14,17-18,20,22-29H2,1-2H3,(H,46,47)/b16-15-,21-19-/t30-,33?,34-,35+,36-,37-,38?/m1/s1. The van der Waals surface area contributed by atoms with Crippen LogP contribution in [0.15, 0.2) is 24.3 Å². The normalized spacial score (nSPS) is 23.9. The van der Waals surface area contributed by atoms with Crippen LogP contribution in [0.1, 0.15) is 149 Å². The molecule has 304 valence electrons. The molecule has 0 amide bonds. The summed E-state index contributed by atoms with van der Waals surface area (Å²) in [6.07, 6.45) is 15.6. The van der Waals surface area contributed by atoms with E-state index in [1.807, 2.05) is 12.2 Å². The molecule has 13 nitrogen and oxygen atoms in total. The Bertz CT molecular complexity index is 1020. The van der Waals surface area contributed by atoms with Crippen molar-refractivity contribution < 1.29 is 63.1 Å². The molecule has 1 saturated carbocycles. The monoisotopic (exact) mass is 764 g/mol. The lowest BCUT2D eigenvalue weighted by Gasteiger charge is -2.41. The third kappa shape index (κ3) is 22.5. The number of ether oxygens (including phenoxy) is 2. The number of hydrogen-bond donors (Lipinski definition) is 6. The molecule has 6 N–H and O–H groups in total. The molecule has 0 aromatic heterocycles. The smallest absolute Gasteiger partial charge is 0.462 e. The summed E-state index contributed by atoms with van der Waals surface area (Å²) in [7, 11) is -5.11. The fraction of sp³-hybridized carbons (Fsp3) is 0.842.